The van der Waals surface area contributed by atoms with E-state index in [4.69, 9.17) is 0 Å². The average Bonchev–Trinajstić information content (AvgIpc) is 2.58. The molecule has 1 N–H and O–H groups in total. The second kappa shape index (κ2) is 6.90. The van der Waals surface area contributed by atoms with Crippen molar-refractivity contribution in [1.82, 2.24) is 5.32 Å². The van der Waals surface area contributed by atoms with Crippen LogP contribution < -0.4 is 5.32 Å². The molecule has 1 unspecified atom stereocenters. The number of hydrogen-bond acceptors (Lipinski definition) is 1. The molecule has 0 amide bonds. The van der Waals surface area contributed by atoms with Gasteiger partial charge in [0.1, 0.15) is 0 Å². The van der Waals surface area contributed by atoms with E-state index in [0.29, 0.717) is 5.92 Å². The van der Waals surface area contributed by atoms with E-state index in [1.165, 1.54) is 17.6 Å². The molecule has 1 nitrogen and oxygen atoms in total. The van der Waals surface area contributed by atoms with E-state index in [2.05, 4.69) is 31.8 Å². The zero-order valence-electron chi connectivity index (χ0n) is 9.48. The summed E-state index contributed by atoms with van der Waals surface area (Å²) >= 11 is 0. The maximum absolute atomic E-state index is 4.06. The Balaban J connectivity index is 0.000000671. The first-order chi connectivity index (χ1) is 6.20. The average molecular weight is 181 g/mol. The molecule has 0 spiro atoms. The van der Waals surface area contributed by atoms with E-state index >= 15 is 0 Å². The first-order valence-electron chi connectivity index (χ1n) is 5.24. The van der Waals surface area contributed by atoms with Gasteiger partial charge in [-0.15, -0.1) is 0 Å². The largest absolute Gasteiger partial charge is 0.316 e. The molecule has 13 heavy (non-hydrogen) atoms. The second-order valence-corrected chi connectivity index (χ2v) is 3.49. The fourth-order valence-electron chi connectivity index (χ4n) is 1.46. The van der Waals surface area contributed by atoms with Crippen molar-refractivity contribution < 1.29 is 0 Å². The van der Waals surface area contributed by atoms with Crippen molar-refractivity contribution >= 4 is 0 Å². The van der Waals surface area contributed by atoms with Crippen molar-refractivity contribution in [3.63, 3.8) is 0 Å². The third kappa shape index (κ3) is 4.89. The number of hydrogen-bond donors (Lipinski definition) is 1. The standard InChI is InChI=1S/C10H17N.C2H6/c1-8(2)6-9(3)10-4-5-11-7-10;1-2/h6,10-11H,3-5,7H2,1-2H3;1-2H3. The summed E-state index contributed by atoms with van der Waals surface area (Å²) in [6.45, 7) is 14.6. The van der Waals surface area contributed by atoms with Crippen LogP contribution in [0.5, 0.6) is 0 Å². The third-order valence-electron chi connectivity index (χ3n) is 2.06. The van der Waals surface area contributed by atoms with Gasteiger partial charge in [0.05, 0.1) is 0 Å². The number of nitrogens with one attached hydrogen (secondary N) is 1. The second-order valence-electron chi connectivity index (χ2n) is 3.49. The molecular weight excluding hydrogens is 158 g/mol. The summed E-state index contributed by atoms with van der Waals surface area (Å²) < 4.78 is 0. The molecular formula is C12H23N. The van der Waals surface area contributed by atoms with E-state index in [-0.39, 0.29) is 0 Å². The van der Waals surface area contributed by atoms with Crippen LogP contribution in [0.25, 0.3) is 0 Å². The van der Waals surface area contributed by atoms with Crippen LogP contribution in [0.2, 0.25) is 0 Å². The van der Waals surface area contributed by atoms with E-state index in [0.717, 1.165) is 13.1 Å². The molecule has 1 atom stereocenters. The Morgan fingerprint density at radius 2 is 2.00 bits per heavy atom. The van der Waals surface area contributed by atoms with Crippen molar-refractivity contribution in [1.29, 1.82) is 0 Å². The molecule has 0 bridgehead atoms. The lowest BCUT2D eigenvalue weighted by Crippen LogP contribution is -2.09. The summed E-state index contributed by atoms with van der Waals surface area (Å²) in [5, 5.41) is 3.34. The van der Waals surface area contributed by atoms with E-state index < -0.39 is 0 Å². The topological polar surface area (TPSA) is 12.0 Å². The molecule has 1 saturated heterocycles. The molecule has 1 rings (SSSR count). The maximum Gasteiger partial charge on any atom is 0.00204 e. The monoisotopic (exact) mass is 181 g/mol. The van der Waals surface area contributed by atoms with Gasteiger partial charge in [-0.3, -0.25) is 0 Å². The first-order valence-corrected chi connectivity index (χ1v) is 5.24. The highest BCUT2D eigenvalue weighted by molar-refractivity contribution is 5.22. The van der Waals surface area contributed by atoms with Crippen LogP contribution >= 0.6 is 0 Å². The van der Waals surface area contributed by atoms with E-state index in [1.807, 2.05) is 13.8 Å². The smallest absolute Gasteiger partial charge is 0.00204 e. The van der Waals surface area contributed by atoms with Gasteiger partial charge in [-0.2, -0.15) is 0 Å². The third-order valence-corrected chi connectivity index (χ3v) is 2.06. The summed E-state index contributed by atoms with van der Waals surface area (Å²) in [6, 6.07) is 0. The zero-order chi connectivity index (χ0) is 10.3. The van der Waals surface area contributed by atoms with Gasteiger partial charge in [-0.1, -0.05) is 37.6 Å². The van der Waals surface area contributed by atoms with Gasteiger partial charge >= 0.3 is 0 Å². The van der Waals surface area contributed by atoms with Gasteiger partial charge in [0.15, 0.2) is 0 Å². The highest BCUT2D eigenvalue weighted by Crippen LogP contribution is 2.18. The van der Waals surface area contributed by atoms with Crippen molar-refractivity contribution in [2.45, 2.75) is 34.1 Å². The molecule has 0 aromatic rings. The van der Waals surface area contributed by atoms with E-state index in [9.17, 15) is 0 Å². The van der Waals surface area contributed by atoms with Crippen LogP contribution in [0, 0.1) is 5.92 Å². The summed E-state index contributed by atoms with van der Waals surface area (Å²) in [5.41, 5.74) is 2.64. The van der Waals surface area contributed by atoms with Crippen LogP contribution in [0.15, 0.2) is 23.8 Å². The molecule has 0 radical (unpaired) electrons. The minimum atomic E-state index is 0.685. The minimum absolute atomic E-state index is 0.685. The predicted octanol–water partition coefficient (Wildman–Crippen LogP) is 3.14. The molecule has 76 valence electrons. The summed E-state index contributed by atoms with van der Waals surface area (Å²) in [7, 11) is 0. The summed E-state index contributed by atoms with van der Waals surface area (Å²) in [4.78, 5) is 0. The van der Waals surface area contributed by atoms with Gasteiger partial charge in [0, 0.05) is 6.54 Å². The van der Waals surface area contributed by atoms with Gasteiger partial charge in [0.2, 0.25) is 0 Å². The Morgan fingerprint density at radius 3 is 2.38 bits per heavy atom. The van der Waals surface area contributed by atoms with Crippen molar-refractivity contribution in [3.8, 4) is 0 Å². The number of allylic oxidation sites excluding steroid dienone is 2. The van der Waals surface area contributed by atoms with Crippen molar-refractivity contribution in [2.75, 3.05) is 13.1 Å². The van der Waals surface area contributed by atoms with Crippen molar-refractivity contribution in [3.05, 3.63) is 23.8 Å². The molecule has 0 aromatic heterocycles. The first kappa shape index (κ1) is 12.4. The van der Waals surface area contributed by atoms with Crippen LogP contribution in [-0.2, 0) is 0 Å². The molecule has 1 aliphatic rings. The van der Waals surface area contributed by atoms with Gasteiger partial charge in [0.25, 0.3) is 0 Å². The lowest BCUT2D eigenvalue weighted by Gasteiger charge is -2.07. The molecule has 0 saturated carbocycles. The SMILES string of the molecule is C=C(C=C(C)C)C1CCNC1.CC. The minimum Gasteiger partial charge on any atom is -0.316 e. The zero-order valence-corrected chi connectivity index (χ0v) is 9.48. The predicted molar refractivity (Wildman–Crippen MR) is 60.9 cm³/mol. The fraction of sp³-hybridized carbons (Fsp3) is 0.667. The Labute approximate surface area is 82.9 Å². The molecule has 0 aliphatic carbocycles. The molecule has 0 aromatic carbocycles. The fourth-order valence-corrected chi connectivity index (χ4v) is 1.46. The van der Waals surface area contributed by atoms with E-state index in [1.54, 1.807) is 0 Å². The van der Waals surface area contributed by atoms with Gasteiger partial charge < -0.3 is 5.32 Å². The Bertz CT molecular complexity index is 170. The Morgan fingerprint density at radius 1 is 1.38 bits per heavy atom. The highest BCUT2D eigenvalue weighted by atomic mass is 14.9. The quantitative estimate of drug-likeness (QED) is 0.645. The van der Waals surface area contributed by atoms with Crippen LogP contribution in [0.3, 0.4) is 0 Å². The van der Waals surface area contributed by atoms with Crippen LogP contribution in [0.4, 0.5) is 0 Å². The maximum atomic E-state index is 4.06. The van der Waals surface area contributed by atoms with Gasteiger partial charge in [-0.25, -0.2) is 0 Å². The number of rotatable bonds is 2. The lowest BCUT2D eigenvalue weighted by molar-refractivity contribution is 0.699. The summed E-state index contributed by atoms with van der Waals surface area (Å²) in [6.07, 6.45) is 3.44. The molecule has 1 heterocycles. The normalized spacial score (nSPS) is 20.2. The lowest BCUT2D eigenvalue weighted by atomic mass is 9.98. The van der Waals surface area contributed by atoms with Gasteiger partial charge in [-0.05, 0) is 32.7 Å². The molecule has 1 aliphatic heterocycles. The highest BCUT2D eigenvalue weighted by Gasteiger charge is 2.15. The molecule has 1 heteroatoms. The molecule has 1 fully saturated rings. The van der Waals surface area contributed by atoms with Crippen LogP contribution in [-0.4, -0.2) is 13.1 Å². The van der Waals surface area contributed by atoms with Crippen molar-refractivity contribution in [2.24, 2.45) is 5.92 Å². The summed E-state index contributed by atoms with van der Waals surface area (Å²) in [5.74, 6) is 0.685. The van der Waals surface area contributed by atoms with Crippen LogP contribution in [0.1, 0.15) is 34.1 Å². The Hall–Kier alpha value is -0.560. The Kier molecular flexibility index (Phi) is 6.61.